The lowest BCUT2D eigenvalue weighted by atomic mass is 10.1. The number of carbonyl (C=O) groups is 3. The molecule has 0 unspecified atom stereocenters. The number of nitrogens with one attached hydrogen (secondary N) is 2. The normalized spacial score (nSPS) is 9.62. The fourth-order valence-electron chi connectivity index (χ4n) is 2.14. The van der Waals surface area contributed by atoms with Crippen LogP contribution in [0.1, 0.15) is 30.5 Å². The van der Waals surface area contributed by atoms with Crippen molar-refractivity contribution >= 4 is 29.2 Å². The van der Waals surface area contributed by atoms with Gasteiger partial charge in [-0.3, -0.25) is 14.4 Å². The van der Waals surface area contributed by atoms with Gasteiger partial charge in [0.1, 0.15) is 0 Å². The summed E-state index contributed by atoms with van der Waals surface area (Å²) >= 11 is 0. The molecule has 0 atom stereocenters. The molecule has 26 heavy (non-hydrogen) atoms. The molecule has 0 radical (unpaired) electrons. The first kappa shape index (κ1) is 18.7. The molecule has 1 aromatic heterocycles. The van der Waals surface area contributed by atoms with Crippen LogP contribution in [-0.4, -0.2) is 22.7 Å². The molecular weight excluding hydrogens is 332 g/mol. The minimum absolute atomic E-state index is 0.183. The second-order valence-corrected chi connectivity index (χ2v) is 5.57. The summed E-state index contributed by atoms with van der Waals surface area (Å²) in [5.41, 5.74) is 7.67. The number of anilines is 2. The lowest BCUT2D eigenvalue weighted by Gasteiger charge is -2.09. The SMILES string of the molecule is CC(=O)Nc1cc(C#Cc2ccc(CC(N)=O)cc2)cnc1NC(C)=O. The number of carbonyl (C=O) groups excluding carboxylic acids is 3. The number of amides is 3. The molecule has 0 saturated heterocycles. The Morgan fingerprint density at radius 2 is 1.62 bits per heavy atom. The predicted octanol–water partition coefficient (Wildman–Crippen LogP) is 1.43. The minimum Gasteiger partial charge on any atom is -0.369 e. The third-order valence-electron chi connectivity index (χ3n) is 3.18. The van der Waals surface area contributed by atoms with Crippen LogP contribution in [0.15, 0.2) is 36.5 Å². The number of primary amides is 1. The van der Waals surface area contributed by atoms with E-state index in [1.165, 1.54) is 20.0 Å². The molecule has 0 aliphatic carbocycles. The van der Waals surface area contributed by atoms with Crippen LogP contribution in [-0.2, 0) is 20.8 Å². The standard InChI is InChI=1S/C19H18N4O3/c1-12(24)22-17-9-16(11-21-19(17)23-13(2)25)8-5-14-3-6-15(7-4-14)10-18(20)26/h3-4,6-7,9,11H,10H2,1-2H3,(H2,20,26)(H,22,24)(H,21,23,25). The third-order valence-corrected chi connectivity index (χ3v) is 3.18. The van der Waals surface area contributed by atoms with Crippen molar-refractivity contribution in [2.45, 2.75) is 20.3 Å². The quantitative estimate of drug-likeness (QED) is 0.724. The van der Waals surface area contributed by atoms with Crippen molar-refractivity contribution in [3.8, 4) is 11.8 Å². The van der Waals surface area contributed by atoms with Gasteiger partial charge in [-0.05, 0) is 23.8 Å². The number of aromatic nitrogens is 1. The van der Waals surface area contributed by atoms with Crippen molar-refractivity contribution in [3.63, 3.8) is 0 Å². The first-order chi connectivity index (χ1) is 12.3. The van der Waals surface area contributed by atoms with Crippen LogP contribution in [0.4, 0.5) is 11.5 Å². The Balaban J connectivity index is 2.24. The largest absolute Gasteiger partial charge is 0.369 e. The van der Waals surface area contributed by atoms with E-state index >= 15 is 0 Å². The molecule has 3 amide bonds. The number of nitrogens with two attached hydrogens (primary N) is 1. The molecule has 2 aromatic rings. The van der Waals surface area contributed by atoms with Crippen LogP contribution in [0.25, 0.3) is 0 Å². The fourth-order valence-corrected chi connectivity index (χ4v) is 2.14. The van der Waals surface area contributed by atoms with Crippen LogP contribution < -0.4 is 16.4 Å². The summed E-state index contributed by atoms with van der Waals surface area (Å²) in [5, 5.41) is 5.17. The first-order valence-corrected chi connectivity index (χ1v) is 7.78. The van der Waals surface area contributed by atoms with Crippen LogP contribution >= 0.6 is 0 Å². The van der Waals surface area contributed by atoms with Gasteiger partial charge in [0.25, 0.3) is 0 Å². The Bertz CT molecular complexity index is 909. The van der Waals surface area contributed by atoms with Crippen LogP contribution in [0.5, 0.6) is 0 Å². The van der Waals surface area contributed by atoms with Crippen molar-refractivity contribution in [3.05, 3.63) is 53.2 Å². The lowest BCUT2D eigenvalue weighted by molar-refractivity contribution is -0.117. The molecule has 1 heterocycles. The van der Waals surface area contributed by atoms with E-state index < -0.39 is 0 Å². The molecule has 0 bridgehead atoms. The van der Waals surface area contributed by atoms with E-state index in [1.54, 1.807) is 30.3 Å². The van der Waals surface area contributed by atoms with Crippen molar-refractivity contribution in [1.82, 2.24) is 4.98 Å². The highest BCUT2D eigenvalue weighted by atomic mass is 16.2. The zero-order chi connectivity index (χ0) is 19.1. The summed E-state index contributed by atoms with van der Waals surface area (Å²) in [6.07, 6.45) is 1.69. The lowest BCUT2D eigenvalue weighted by Crippen LogP contribution is -2.13. The number of pyridine rings is 1. The monoisotopic (exact) mass is 350 g/mol. The maximum atomic E-state index is 11.3. The molecule has 2 rings (SSSR count). The summed E-state index contributed by atoms with van der Waals surface area (Å²) in [7, 11) is 0. The average molecular weight is 350 g/mol. The van der Waals surface area contributed by atoms with E-state index in [4.69, 9.17) is 5.73 Å². The van der Waals surface area contributed by atoms with E-state index in [0.717, 1.165) is 11.1 Å². The van der Waals surface area contributed by atoms with Gasteiger partial charge in [-0.25, -0.2) is 4.98 Å². The van der Waals surface area contributed by atoms with Gasteiger partial charge in [-0.2, -0.15) is 0 Å². The number of hydrogen-bond donors (Lipinski definition) is 3. The molecular formula is C19H18N4O3. The Hall–Kier alpha value is -3.66. The van der Waals surface area contributed by atoms with Crippen LogP contribution in [0.3, 0.4) is 0 Å². The van der Waals surface area contributed by atoms with Crippen molar-refractivity contribution < 1.29 is 14.4 Å². The van der Waals surface area contributed by atoms with Gasteiger partial charge in [0.15, 0.2) is 5.82 Å². The van der Waals surface area contributed by atoms with Crippen molar-refractivity contribution in [1.29, 1.82) is 0 Å². The van der Waals surface area contributed by atoms with Gasteiger partial charge in [0.2, 0.25) is 17.7 Å². The molecule has 1 aromatic carbocycles. The Labute approximate surface area is 151 Å². The molecule has 132 valence electrons. The van der Waals surface area contributed by atoms with Crippen LogP contribution in [0.2, 0.25) is 0 Å². The van der Waals surface area contributed by atoms with Crippen LogP contribution in [0, 0.1) is 11.8 Å². The summed E-state index contributed by atoms with van der Waals surface area (Å²) in [6, 6.07) is 8.79. The maximum absolute atomic E-state index is 11.3. The van der Waals surface area contributed by atoms with E-state index in [0.29, 0.717) is 11.3 Å². The van der Waals surface area contributed by atoms with E-state index in [9.17, 15) is 14.4 Å². The van der Waals surface area contributed by atoms with Gasteiger partial charge < -0.3 is 16.4 Å². The number of rotatable bonds is 4. The minimum atomic E-state index is -0.389. The Morgan fingerprint density at radius 1 is 1.00 bits per heavy atom. The second-order valence-electron chi connectivity index (χ2n) is 5.57. The van der Waals surface area contributed by atoms with E-state index in [-0.39, 0.29) is 30.0 Å². The molecule has 0 aliphatic heterocycles. The zero-order valence-electron chi connectivity index (χ0n) is 14.4. The first-order valence-electron chi connectivity index (χ1n) is 7.78. The van der Waals surface area contributed by atoms with Gasteiger partial charge >= 0.3 is 0 Å². The number of hydrogen-bond acceptors (Lipinski definition) is 4. The average Bonchev–Trinajstić information content (AvgIpc) is 2.55. The highest BCUT2D eigenvalue weighted by Gasteiger charge is 2.08. The van der Waals surface area contributed by atoms with E-state index in [1.807, 2.05) is 0 Å². The molecule has 0 aliphatic rings. The van der Waals surface area contributed by atoms with Gasteiger partial charge in [-0.15, -0.1) is 0 Å². The van der Waals surface area contributed by atoms with Crippen molar-refractivity contribution in [2.24, 2.45) is 5.73 Å². The predicted molar refractivity (Wildman–Crippen MR) is 98.2 cm³/mol. The second kappa shape index (κ2) is 8.44. The van der Waals surface area contributed by atoms with Gasteiger partial charge in [0.05, 0.1) is 12.1 Å². The van der Waals surface area contributed by atoms with E-state index in [2.05, 4.69) is 27.5 Å². The van der Waals surface area contributed by atoms with Crippen molar-refractivity contribution in [2.75, 3.05) is 10.6 Å². The topological polar surface area (TPSA) is 114 Å². The summed E-state index contributed by atoms with van der Waals surface area (Å²) < 4.78 is 0. The zero-order valence-corrected chi connectivity index (χ0v) is 14.4. The summed E-state index contributed by atoms with van der Waals surface area (Å²) in [4.78, 5) is 37.6. The smallest absolute Gasteiger partial charge is 0.222 e. The number of nitrogens with zero attached hydrogens (tertiary/aromatic N) is 1. The summed E-state index contributed by atoms with van der Waals surface area (Å²) in [5.74, 6) is 5.22. The highest BCUT2D eigenvalue weighted by molar-refractivity contribution is 5.97. The van der Waals surface area contributed by atoms with Gasteiger partial charge in [0, 0.05) is 31.2 Å². The highest BCUT2D eigenvalue weighted by Crippen LogP contribution is 2.20. The summed E-state index contributed by atoms with van der Waals surface area (Å²) in [6.45, 7) is 2.72. The van der Waals surface area contributed by atoms with Gasteiger partial charge in [-0.1, -0.05) is 24.0 Å². The maximum Gasteiger partial charge on any atom is 0.222 e. The number of benzene rings is 1. The third kappa shape index (κ3) is 5.76. The Morgan fingerprint density at radius 3 is 2.19 bits per heavy atom. The fraction of sp³-hybridized carbons (Fsp3) is 0.158. The molecule has 4 N–H and O–H groups in total. The molecule has 7 heteroatoms. The Kier molecular flexibility index (Phi) is 6.06. The molecule has 0 saturated carbocycles. The molecule has 0 spiro atoms. The molecule has 7 nitrogen and oxygen atoms in total. The molecule has 0 fully saturated rings.